The van der Waals surface area contributed by atoms with Gasteiger partial charge in [0.1, 0.15) is 0 Å². The van der Waals surface area contributed by atoms with E-state index in [1.165, 1.54) is 65.3 Å². The van der Waals surface area contributed by atoms with Gasteiger partial charge in [0.25, 0.3) is 0 Å². The Kier molecular flexibility index (Phi) is 8.46. The zero-order chi connectivity index (χ0) is 32.1. The fraction of sp³-hybridized carbons (Fsp3) is 0.130. The molecule has 0 radical (unpaired) electrons. The van der Waals surface area contributed by atoms with Gasteiger partial charge in [-0.15, -0.1) is 0 Å². The van der Waals surface area contributed by atoms with Crippen molar-refractivity contribution in [2.75, 3.05) is 9.80 Å². The number of anilines is 6. The summed E-state index contributed by atoms with van der Waals surface area (Å²) >= 11 is 0. The second-order valence-electron chi connectivity index (χ2n) is 12.8. The third kappa shape index (κ3) is 5.98. The lowest BCUT2D eigenvalue weighted by Crippen LogP contribution is -2.13. The summed E-state index contributed by atoms with van der Waals surface area (Å²) in [6.07, 6.45) is 6.64. The number of para-hydroxylation sites is 2. The molecule has 7 aromatic rings. The Morgan fingerprint density at radius 2 is 0.854 bits per heavy atom. The zero-order valence-corrected chi connectivity index (χ0v) is 27.3. The summed E-state index contributed by atoms with van der Waals surface area (Å²) < 4.78 is 0. The van der Waals surface area contributed by atoms with Crippen molar-refractivity contribution in [1.29, 1.82) is 0 Å². The molecule has 0 aromatic heterocycles. The number of nitrogens with zero attached hydrogens (tertiary/aromatic N) is 2. The minimum absolute atomic E-state index is 0.669. The molecule has 234 valence electrons. The van der Waals surface area contributed by atoms with E-state index in [9.17, 15) is 0 Å². The Balaban J connectivity index is 1.28. The molecule has 48 heavy (non-hydrogen) atoms. The van der Waals surface area contributed by atoms with Crippen molar-refractivity contribution in [2.24, 2.45) is 0 Å². The predicted molar refractivity (Wildman–Crippen MR) is 205 cm³/mol. The predicted octanol–water partition coefficient (Wildman–Crippen LogP) is 13.5. The van der Waals surface area contributed by atoms with E-state index < -0.39 is 0 Å². The summed E-state index contributed by atoms with van der Waals surface area (Å²) in [7, 11) is 0. The minimum Gasteiger partial charge on any atom is -0.311 e. The molecule has 0 amide bonds. The van der Waals surface area contributed by atoms with Crippen LogP contribution in [0.1, 0.15) is 43.6 Å². The van der Waals surface area contributed by atoms with E-state index in [1.54, 1.807) is 0 Å². The highest BCUT2D eigenvalue weighted by atomic mass is 15.2. The summed E-state index contributed by atoms with van der Waals surface area (Å²) in [5.41, 5.74) is 10.8. The Morgan fingerprint density at radius 1 is 0.375 bits per heavy atom. The second kappa shape index (κ2) is 13.6. The lowest BCUT2D eigenvalue weighted by atomic mass is 9.84. The summed E-state index contributed by atoms with van der Waals surface area (Å²) in [4.78, 5) is 4.76. The quantitative estimate of drug-likeness (QED) is 0.167. The molecular formula is C46H40N2. The van der Waals surface area contributed by atoms with E-state index in [0.717, 1.165) is 28.4 Å². The van der Waals surface area contributed by atoms with E-state index in [1.807, 2.05) is 0 Å². The van der Waals surface area contributed by atoms with Crippen LogP contribution in [0, 0.1) is 0 Å². The van der Waals surface area contributed by atoms with Crippen molar-refractivity contribution in [3.8, 4) is 11.1 Å². The van der Waals surface area contributed by atoms with Crippen LogP contribution < -0.4 is 9.80 Å². The van der Waals surface area contributed by atoms with E-state index in [2.05, 4.69) is 186 Å². The Labute approximate surface area is 284 Å². The van der Waals surface area contributed by atoms with Crippen molar-refractivity contribution < 1.29 is 0 Å². The first-order chi connectivity index (χ1) is 23.8. The van der Waals surface area contributed by atoms with Gasteiger partial charge in [-0.3, -0.25) is 0 Å². The number of hydrogen-bond acceptors (Lipinski definition) is 2. The van der Waals surface area contributed by atoms with Crippen LogP contribution in [0.5, 0.6) is 0 Å². The monoisotopic (exact) mass is 620 g/mol. The van der Waals surface area contributed by atoms with Gasteiger partial charge in [0, 0.05) is 34.0 Å². The molecular weight excluding hydrogens is 581 g/mol. The molecule has 0 bridgehead atoms. The first kappa shape index (κ1) is 29.8. The highest BCUT2D eigenvalue weighted by molar-refractivity contribution is 6.05. The normalized spacial score (nSPS) is 13.3. The summed E-state index contributed by atoms with van der Waals surface area (Å²) in [5, 5.41) is 2.49. The maximum absolute atomic E-state index is 2.44. The Hall–Kier alpha value is -5.60. The molecule has 0 atom stereocenters. The third-order valence-electron chi connectivity index (χ3n) is 9.83. The minimum atomic E-state index is 0.669. The molecule has 1 aliphatic rings. The molecule has 7 aromatic carbocycles. The van der Waals surface area contributed by atoms with Crippen molar-refractivity contribution in [2.45, 2.75) is 38.0 Å². The Bertz CT molecular complexity index is 2040. The lowest BCUT2D eigenvalue weighted by Gasteiger charge is -2.30. The molecule has 2 heteroatoms. The van der Waals surface area contributed by atoms with Gasteiger partial charge in [-0.25, -0.2) is 0 Å². The van der Waals surface area contributed by atoms with Crippen LogP contribution in [0.25, 0.3) is 21.9 Å². The standard InChI is InChI=1S/C46H40N2/c1-5-15-35(16-6-1)36-25-28-42(29-26-36)48(45-34-27-37-17-13-14-24-44(37)46(45)38-18-7-2-8-19-38)43-32-30-41(31-33-43)47(39-20-9-3-10-21-39)40-22-11-4-12-23-40/h2-4,7-14,17-35H,1,5-6,15-16H2. The first-order valence-electron chi connectivity index (χ1n) is 17.3. The van der Waals surface area contributed by atoms with Crippen LogP contribution >= 0.6 is 0 Å². The molecule has 8 rings (SSSR count). The van der Waals surface area contributed by atoms with Crippen LogP contribution in [0.4, 0.5) is 34.1 Å². The van der Waals surface area contributed by atoms with Crippen molar-refractivity contribution in [3.63, 3.8) is 0 Å². The van der Waals surface area contributed by atoms with Crippen LogP contribution in [-0.2, 0) is 0 Å². The Morgan fingerprint density at radius 3 is 1.46 bits per heavy atom. The van der Waals surface area contributed by atoms with Gasteiger partial charge in [0.05, 0.1) is 5.69 Å². The number of hydrogen-bond donors (Lipinski definition) is 0. The van der Waals surface area contributed by atoms with Crippen LogP contribution in [-0.4, -0.2) is 0 Å². The average Bonchev–Trinajstić information content (AvgIpc) is 3.17. The molecule has 1 fully saturated rings. The molecule has 0 heterocycles. The molecule has 1 aliphatic carbocycles. The van der Waals surface area contributed by atoms with Crippen LogP contribution in [0.2, 0.25) is 0 Å². The van der Waals surface area contributed by atoms with E-state index in [0.29, 0.717) is 5.92 Å². The van der Waals surface area contributed by atoms with E-state index in [4.69, 9.17) is 0 Å². The van der Waals surface area contributed by atoms with Crippen molar-refractivity contribution in [1.82, 2.24) is 0 Å². The van der Waals surface area contributed by atoms with Crippen LogP contribution in [0.15, 0.2) is 176 Å². The SMILES string of the molecule is c1ccc(-c2c(N(c3ccc(C4CCCCC4)cc3)c3ccc(N(c4ccccc4)c4ccccc4)cc3)ccc3ccccc23)cc1. The van der Waals surface area contributed by atoms with Gasteiger partial charge < -0.3 is 9.80 Å². The van der Waals surface area contributed by atoms with Gasteiger partial charge in [-0.05, 0) is 107 Å². The van der Waals surface area contributed by atoms with E-state index in [-0.39, 0.29) is 0 Å². The first-order valence-corrected chi connectivity index (χ1v) is 17.3. The van der Waals surface area contributed by atoms with Gasteiger partial charge in [0.2, 0.25) is 0 Å². The number of benzene rings is 7. The summed E-state index contributed by atoms with van der Waals surface area (Å²) in [6, 6.07) is 63.8. The maximum Gasteiger partial charge on any atom is 0.0546 e. The van der Waals surface area contributed by atoms with Gasteiger partial charge in [0.15, 0.2) is 0 Å². The highest BCUT2D eigenvalue weighted by Gasteiger charge is 2.22. The number of fused-ring (bicyclic) bond motifs is 1. The number of rotatable bonds is 8. The maximum atomic E-state index is 2.44. The highest BCUT2D eigenvalue weighted by Crippen LogP contribution is 2.45. The average molecular weight is 621 g/mol. The van der Waals surface area contributed by atoms with Crippen molar-refractivity contribution in [3.05, 3.63) is 181 Å². The molecule has 2 nitrogen and oxygen atoms in total. The third-order valence-corrected chi connectivity index (χ3v) is 9.83. The van der Waals surface area contributed by atoms with Crippen molar-refractivity contribution >= 4 is 44.9 Å². The fourth-order valence-corrected chi connectivity index (χ4v) is 7.47. The largest absolute Gasteiger partial charge is 0.311 e. The summed E-state index contributed by atoms with van der Waals surface area (Å²) in [5.74, 6) is 0.669. The topological polar surface area (TPSA) is 6.48 Å². The van der Waals surface area contributed by atoms with Gasteiger partial charge >= 0.3 is 0 Å². The smallest absolute Gasteiger partial charge is 0.0546 e. The molecule has 0 saturated heterocycles. The van der Waals surface area contributed by atoms with Gasteiger partial charge in [-0.1, -0.05) is 128 Å². The fourth-order valence-electron chi connectivity index (χ4n) is 7.47. The van der Waals surface area contributed by atoms with Gasteiger partial charge in [-0.2, -0.15) is 0 Å². The molecule has 0 aliphatic heterocycles. The molecule has 0 spiro atoms. The molecule has 0 unspecified atom stereocenters. The lowest BCUT2D eigenvalue weighted by molar-refractivity contribution is 0.443. The van der Waals surface area contributed by atoms with E-state index >= 15 is 0 Å². The van der Waals surface area contributed by atoms with Crippen LogP contribution in [0.3, 0.4) is 0 Å². The second-order valence-corrected chi connectivity index (χ2v) is 12.8. The molecule has 1 saturated carbocycles. The zero-order valence-electron chi connectivity index (χ0n) is 27.3. The summed E-state index contributed by atoms with van der Waals surface area (Å²) in [6.45, 7) is 0. The molecule has 0 N–H and O–H groups in total.